The van der Waals surface area contributed by atoms with E-state index in [-0.39, 0.29) is 20.4 Å². The molecule has 0 bridgehead atoms. The monoisotopic (exact) mass is 430 g/mol. The number of rotatable bonds is 0. The molecule has 2 aromatic heterocycles. The molecule has 2 heterocycles. The van der Waals surface area contributed by atoms with E-state index < -0.39 is 23.5 Å². The fourth-order valence-electron chi connectivity index (χ4n) is 1.15. The number of hydrogen-bond donors (Lipinski definition) is 0. The molecule has 0 aliphatic carbocycles. The number of alkyl halides is 6. The van der Waals surface area contributed by atoms with Crippen LogP contribution < -0.4 is 0 Å². The SMILES string of the molecule is FC(F)(F)c1cnc(Cl)c(Cl)c1.FC(F)(F)c1cnc(Cl)c(Cl)c1. The first-order valence-corrected chi connectivity index (χ1v) is 7.10. The number of halogens is 10. The van der Waals surface area contributed by atoms with Gasteiger partial charge < -0.3 is 0 Å². The summed E-state index contributed by atoms with van der Waals surface area (Å²) in [5, 5.41) is -0.674. The smallest absolute Gasteiger partial charge is 0.242 e. The highest BCUT2D eigenvalue weighted by Crippen LogP contribution is 2.32. The molecule has 2 rings (SSSR count). The maximum atomic E-state index is 12.0. The van der Waals surface area contributed by atoms with Crippen LogP contribution in [0.15, 0.2) is 24.5 Å². The van der Waals surface area contributed by atoms with Crippen LogP contribution in [0.25, 0.3) is 0 Å². The van der Waals surface area contributed by atoms with Crippen LogP contribution in [0.5, 0.6) is 0 Å². The van der Waals surface area contributed by atoms with Crippen molar-refractivity contribution in [3.05, 3.63) is 56.0 Å². The quantitative estimate of drug-likeness (QED) is 0.338. The lowest BCUT2D eigenvalue weighted by Crippen LogP contribution is -2.05. The lowest BCUT2D eigenvalue weighted by atomic mass is 10.3. The summed E-state index contributed by atoms with van der Waals surface area (Å²) >= 11 is 21.3. The summed E-state index contributed by atoms with van der Waals surface area (Å²) in [6.07, 6.45) is -7.59. The van der Waals surface area contributed by atoms with Gasteiger partial charge in [0.1, 0.15) is 10.3 Å². The van der Waals surface area contributed by atoms with Crippen molar-refractivity contribution >= 4 is 46.4 Å². The summed E-state index contributed by atoms with van der Waals surface area (Å²) in [5.74, 6) is 0. The Morgan fingerprint density at radius 2 is 0.917 bits per heavy atom. The molecule has 0 N–H and O–H groups in total. The standard InChI is InChI=1S/2C6H2Cl2F3N/c2*7-4-1-3(6(9,10)11)2-12-5(4)8/h2*1-2H. The molecule has 0 aliphatic rings. The van der Waals surface area contributed by atoms with Gasteiger partial charge in [-0.2, -0.15) is 26.3 Å². The molecule has 0 aromatic carbocycles. The third kappa shape index (κ3) is 6.16. The van der Waals surface area contributed by atoms with Crippen molar-refractivity contribution < 1.29 is 26.3 Å². The topological polar surface area (TPSA) is 25.8 Å². The minimum absolute atomic E-state index is 0.135. The van der Waals surface area contributed by atoms with Gasteiger partial charge in [0.15, 0.2) is 0 Å². The van der Waals surface area contributed by atoms with Crippen molar-refractivity contribution in [1.82, 2.24) is 9.97 Å². The zero-order valence-corrected chi connectivity index (χ0v) is 14.0. The molecule has 12 heteroatoms. The van der Waals surface area contributed by atoms with E-state index in [9.17, 15) is 26.3 Å². The molecule has 2 nitrogen and oxygen atoms in total. The molecule has 24 heavy (non-hydrogen) atoms. The average Bonchev–Trinajstić information content (AvgIpc) is 2.43. The van der Waals surface area contributed by atoms with Crippen LogP contribution >= 0.6 is 46.4 Å². The Hall–Kier alpha value is -0.960. The summed E-state index contributed by atoms with van der Waals surface area (Å²) in [5.41, 5.74) is -1.81. The van der Waals surface area contributed by atoms with Gasteiger partial charge in [-0.25, -0.2) is 9.97 Å². The molecule has 0 saturated heterocycles. The molecule has 0 radical (unpaired) electrons. The zero-order valence-electron chi connectivity index (χ0n) is 11.0. The lowest BCUT2D eigenvalue weighted by Gasteiger charge is -2.05. The zero-order chi connectivity index (χ0) is 18.7. The van der Waals surface area contributed by atoms with Crippen LogP contribution in [0.4, 0.5) is 26.3 Å². The molecule has 0 amide bonds. The maximum Gasteiger partial charge on any atom is 0.417 e. The highest BCUT2D eigenvalue weighted by Gasteiger charge is 2.32. The maximum absolute atomic E-state index is 12.0. The van der Waals surface area contributed by atoms with E-state index in [0.29, 0.717) is 12.4 Å². The van der Waals surface area contributed by atoms with E-state index in [1.54, 1.807) is 0 Å². The van der Waals surface area contributed by atoms with E-state index >= 15 is 0 Å². The Morgan fingerprint density at radius 1 is 0.625 bits per heavy atom. The number of pyridine rings is 2. The largest absolute Gasteiger partial charge is 0.417 e. The Balaban J connectivity index is 0.000000240. The van der Waals surface area contributed by atoms with Gasteiger partial charge >= 0.3 is 12.4 Å². The fraction of sp³-hybridized carbons (Fsp3) is 0.167. The van der Waals surface area contributed by atoms with Gasteiger partial charge in [0, 0.05) is 12.4 Å². The molecule has 0 fully saturated rings. The Kier molecular flexibility index (Phi) is 6.98. The summed E-state index contributed by atoms with van der Waals surface area (Å²) in [6.45, 7) is 0. The molecule has 2 aromatic rings. The van der Waals surface area contributed by atoms with Crippen LogP contribution in [0.2, 0.25) is 20.4 Å². The van der Waals surface area contributed by atoms with Crippen molar-refractivity contribution in [2.75, 3.05) is 0 Å². The van der Waals surface area contributed by atoms with Gasteiger partial charge in [-0.05, 0) is 12.1 Å². The molecule has 0 unspecified atom stereocenters. The minimum Gasteiger partial charge on any atom is -0.242 e. The van der Waals surface area contributed by atoms with Gasteiger partial charge in [-0.1, -0.05) is 46.4 Å². The first-order valence-electron chi connectivity index (χ1n) is 5.59. The highest BCUT2D eigenvalue weighted by atomic mass is 35.5. The number of nitrogens with zero attached hydrogens (tertiary/aromatic N) is 2. The predicted molar refractivity (Wildman–Crippen MR) is 78.5 cm³/mol. The van der Waals surface area contributed by atoms with Gasteiger partial charge in [0.25, 0.3) is 0 Å². The van der Waals surface area contributed by atoms with E-state index in [0.717, 1.165) is 12.1 Å². The van der Waals surface area contributed by atoms with Gasteiger partial charge in [-0.15, -0.1) is 0 Å². The Labute approximate surface area is 151 Å². The van der Waals surface area contributed by atoms with Crippen LogP contribution in [-0.2, 0) is 12.4 Å². The van der Waals surface area contributed by atoms with E-state index in [1.807, 2.05) is 0 Å². The van der Waals surface area contributed by atoms with E-state index in [1.165, 1.54) is 0 Å². The van der Waals surface area contributed by atoms with Gasteiger partial charge in [0.2, 0.25) is 0 Å². The van der Waals surface area contributed by atoms with Crippen LogP contribution in [0.1, 0.15) is 11.1 Å². The fourth-order valence-corrected chi connectivity index (χ4v) is 1.69. The van der Waals surface area contributed by atoms with Crippen molar-refractivity contribution in [2.45, 2.75) is 12.4 Å². The molecule has 132 valence electrons. The molecule has 0 atom stereocenters. The third-order valence-electron chi connectivity index (χ3n) is 2.25. The second kappa shape index (κ2) is 7.95. The first kappa shape index (κ1) is 21.1. The summed E-state index contributed by atoms with van der Waals surface area (Å²) in [6, 6.07) is 1.47. The van der Waals surface area contributed by atoms with Crippen molar-refractivity contribution in [1.29, 1.82) is 0 Å². The van der Waals surface area contributed by atoms with Crippen molar-refractivity contribution in [3.8, 4) is 0 Å². The van der Waals surface area contributed by atoms with E-state index in [2.05, 4.69) is 9.97 Å². The molecule has 0 saturated carbocycles. The normalized spacial score (nSPS) is 11.8. The van der Waals surface area contributed by atoms with Crippen molar-refractivity contribution in [3.63, 3.8) is 0 Å². The number of aromatic nitrogens is 2. The second-order valence-corrected chi connectivity index (χ2v) is 5.52. The Morgan fingerprint density at radius 3 is 1.12 bits per heavy atom. The second-order valence-electron chi connectivity index (χ2n) is 3.99. The molecule has 0 aliphatic heterocycles. The van der Waals surface area contributed by atoms with E-state index in [4.69, 9.17) is 46.4 Å². The lowest BCUT2D eigenvalue weighted by molar-refractivity contribution is -0.138. The van der Waals surface area contributed by atoms with Crippen LogP contribution in [0.3, 0.4) is 0 Å². The first-order chi connectivity index (χ1) is 10.8. The van der Waals surface area contributed by atoms with Crippen LogP contribution in [0, 0.1) is 0 Å². The van der Waals surface area contributed by atoms with Crippen molar-refractivity contribution in [2.24, 2.45) is 0 Å². The minimum atomic E-state index is -4.43. The predicted octanol–water partition coefficient (Wildman–Crippen LogP) is 6.81. The van der Waals surface area contributed by atoms with Gasteiger partial charge in [-0.3, -0.25) is 0 Å². The third-order valence-corrected chi connectivity index (χ3v) is 3.62. The summed E-state index contributed by atoms with van der Waals surface area (Å²) in [4.78, 5) is 6.52. The van der Waals surface area contributed by atoms with Crippen LogP contribution in [-0.4, -0.2) is 9.97 Å². The van der Waals surface area contributed by atoms with Gasteiger partial charge in [0.05, 0.1) is 21.2 Å². The molecular formula is C12H4Cl4F6N2. The number of hydrogen-bond acceptors (Lipinski definition) is 2. The summed E-state index contributed by atoms with van der Waals surface area (Å²) < 4.78 is 71.7. The molecule has 0 spiro atoms. The Bertz CT molecular complexity index is 656. The summed E-state index contributed by atoms with van der Waals surface area (Å²) in [7, 11) is 0. The highest BCUT2D eigenvalue weighted by molar-refractivity contribution is 6.41. The molecular weight excluding hydrogens is 428 g/mol. The average molecular weight is 432 g/mol.